The molecule has 2 aromatic rings. The summed E-state index contributed by atoms with van der Waals surface area (Å²) in [5, 5.41) is 9.84. The zero-order valence-electron chi connectivity index (χ0n) is 11.9. The van der Waals surface area contributed by atoms with Gasteiger partial charge in [0.2, 0.25) is 5.95 Å². The lowest BCUT2D eigenvalue weighted by atomic mass is 9.93. The summed E-state index contributed by atoms with van der Waals surface area (Å²) in [5.74, 6) is 0.977. The summed E-state index contributed by atoms with van der Waals surface area (Å²) in [6.07, 6.45) is 6.81. The average molecular weight is 286 g/mol. The number of rotatable bonds is 3. The summed E-state index contributed by atoms with van der Waals surface area (Å²) in [7, 11) is 1.75. The zero-order chi connectivity index (χ0) is 14.7. The number of anilines is 1. The maximum Gasteiger partial charge on any atom is 0.256 e. The van der Waals surface area contributed by atoms with Crippen LogP contribution in [0.1, 0.15) is 34.8 Å². The Balaban J connectivity index is 1.62. The van der Waals surface area contributed by atoms with Crippen molar-refractivity contribution in [2.75, 3.05) is 25.5 Å². The number of hydrogen-bond acceptors (Lipinski definition) is 5. The maximum atomic E-state index is 12.4. The highest BCUT2D eigenvalue weighted by Gasteiger charge is 2.25. The predicted octanol–water partition coefficient (Wildman–Crippen LogP) is 1.26. The third-order valence-electron chi connectivity index (χ3n) is 3.87. The molecule has 0 aliphatic carbocycles. The number of nitrogens with zero attached hydrogens (tertiary/aromatic N) is 4. The fourth-order valence-electron chi connectivity index (χ4n) is 2.64. The molecule has 7 nitrogen and oxygen atoms in total. The number of carbonyl (C=O) groups is 1. The largest absolute Gasteiger partial charge is 0.357 e. The molecule has 7 heteroatoms. The maximum absolute atomic E-state index is 12.4. The van der Waals surface area contributed by atoms with Crippen LogP contribution in [0.3, 0.4) is 0 Å². The van der Waals surface area contributed by atoms with E-state index in [1.54, 1.807) is 25.6 Å². The highest BCUT2D eigenvalue weighted by molar-refractivity contribution is 5.93. The lowest BCUT2D eigenvalue weighted by molar-refractivity contribution is 0.0711. The lowest BCUT2D eigenvalue weighted by Crippen LogP contribution is -2.38. The number of hydrogen-bond donors (Lipinski definition) is 2. The van der Waals surface area contributed by atoms with Crippen LogP contribution in [0, 0.1) is 0 Å². The van der Waals surface area contributed by atoms with Crippen molar-refractivity contribution >= 4 is 11.9 Å². The van der Waals surface area contributed by atoms with E-state index in [-0.39, 0.29) is 5.91 Å². The summed E-state index contributed by atoms with van der Waals surface area (Å²) in [5.41, 5.74) is 1.69. The highest BCUT2D eigenvalue weighted by Crippen LogP contribution is 2.26. The number of aromatic amines is 1. The smallest absolute Gasteiger partial charge is 0.256 e. The van der Waals surface area contributed by atoms with Gasteiger partial charge in [-0.2, -0.15) is 5.10 Å². The Kier molecular flexibility index (Phi) is 3.81. The van der Waals surface area contributed by atoms with E-state index >= 15 is 0 Å². The third kappa shape index (κ3) is 2.86. The van der Waals surface area contributed by atoms with Gasteiger partial charge in [-0.15, -0.1) is 0 Å². The molecule has 0 saturated carbocycles. The quantitative estimate of drug-likeness (QED) is 0.887. The van der Waals surface area contributed by atoms with E-state index in [0.717, 1.165) is 31.6 Å². The van der Waals surface area contributed by atoms with Gasteiger partial charge in [-0.05, 0) is 18.9 Å². The van der Waals surface area contributed by atoms with Crippen LogP contribution in [0.25, 0.3) is 0 Å². The van der Waals surface area contributed by atoms with E-state index < -0.39 is 0 Å². The first-order valence-electron chi connectivity index (χ1n) is 7.06. The summed E-state index contributed by atoms with van der Waals surface area (Å²) >= 11 is 0. The number of nitrogens with one attached hydrogen (secondary N) is 2. The Morgan fingerprint density at radius 2 is 2.05 bits per heavy atom. The van der Waals surface area contributed by atoms with Gasteiger partial charge in [-0.3, -0.25) is 9.89 Å². The van der Waals surface area contributed by atoms with Crippen molar-refractivity contribution in [2.24, 2.45) is 0 Å². The van der Waals surface area contributed by atoms with Crippen LogP contribution in [0.15, 0.2) is 24.7 Å². The van der Waals surface area contributed by atoms with Crippen molar-refractivity contribution in [3.63, 3.8) is 0 Å². The van der Waals surface area contributed by atoms with Gasteiger partial charge < -0.3 is 10.2 Å². The molecule has 0 aromatic carbocycles. The second-order valence-electron chi connectivity index (χ2n) is 5.12. The van der Waals surface area contributed by atoms with Crippen molar-refractivity contribution in [1.82, 2.24) is 25.1 Å². The first-order chi connectivity index (χ1) is 10.3. The van der Waals surface area contributed by atoms with Gasteiger partial charge in [-0.1, -0.05) is 0 Å². The minimum Gasteiger partial charge on any atom is -0.357 e. The first kappa shape index (κ1) is 13.5. The molecule has 1 aliphatic rings. The summed E-state index contributed by atoms with van der Waals surface area (Å²) < 4.78 is 0. The number of piperidine rings is 1. The van der Waals surface area contributed by atoms with E-state index in [1.165, 1.54) is 0 Å². The van der Waals surface area contributed by atoms with E-state index in [1.807, 2.05) is 11.0 Å². The minimum absolute atomic E-state index is 0.000661. The van der Waals surface area contributed by atoms with E-state index in [2.05, 4.69) is 25.5 Å². The molecule has 2 N–H and O–H groups in total. The minimum atomic E-state index is 0.000661. The van der Waals surface area contributed by atoms with Crippen molar-refractivity contribution in [1.29, 1.82) is 0 Å². The summed E-state index contributed by atoms with van der Waals surface area (Å²) in [6, 6.07) is 2.01. The second-order valence-corrected chi connectivity index (χ2v) is 5.12. The van der Waals surface area contributed by atoms with Crippen LogP contribution in [0.4, 0.5) is 5.95 Å². The number of likely N-dealkylation sites (tertiary alicyclic amines) is 1. The Morgan fingerprint density at radius 1 is 1.33 bits per heavy atom. The van der Waals surface area contributed by atoms with E-state index in [9.17, 15) is 4.79 Å². The standard InChI is InChI=1S/C14H18N6O/c1-15-14-16-8-11(9-17-14)13(21)20-6-3-10(4-7-20)12-2-5-18-19-12/h2,5,8-10H,3-4,6-7H2,1H3,(H,18,19)(H,15,16,17). The van der Waals surface area contributed by atoms with Crippen molar-refractivity contribution < 1.29 is 4.79 Å². The average Bonchev–Trinajstić information content (AvgIpc) is 3.09. The van der Waals surface area contributed by atoms with Crippen molar-refractivity contribution in [2.45, 2.75) is 18.8 Å². The molecule has 0 spiro atoms. The van der Waals surface area contributed by atoms with Gasteiger partial charge >= 0.3 is 0 Å². The molecular weight excluding hydrogens is 268 g/mol. The van der Waals surface area contributed by atoms with Gasteiger partial charge in [0.25, 0.3) is 5.91 Å². The fraction of sp³-hybridized carbons (Fsp3) is 0.429. The molecule has 1 aliphatic heterocycles. The third-order valence-corrected chi connectivity index (χ3v) is 3.87. The monoisotopic (exact) mass is 286 g/mol. The van der Waals surface area contributed by atoms with Crippen LogP contribution in [-0.4, -0.2) is 51.1 Å². The number of amides is 1. The van der Waals surface area contributed by atoms with Crippen LogP contribution >= 0.6 is 0 Å². The predicted molar refractivity (Wildman–Crippen MR) is 78.0 cm³/mol. The van der Waals surface area contributed by atoms with Gasteiger partial charge in [0.05, 0.1) is 5.56 Å². The number of H-pyrrole nitrogens is 1. The first-order valence-corrected chi connectivity index (χ1v) is 7.06. The van der Waals surface area contributed by atoms with Crippen molar-refractivity contribution in [3.8, 4) is 0 Å². The Hall–Kier alpha value is -2.44. The summed E-state index contributed by atoms with van der Waals surface area (Å²) in [6.45, 7) is 1.49. The van der Waals surface area contributed by atoms with Gasteiger partial charge in [0, 0.05) is 50.3 Å². The Labute approximate surface area is 122 Å². The number of carbonyl (C=O) groups excluding carboxylic acids is 1. The Morgan fingerprint density at radius 3 is 2.62 bits per heavy atom. The van der Waals surface area contributed by atoms with Crippen LogP contribution in [0.5, 0.6) is 0 Å². The van der Waals surface area contributed by atoms with Gasteiger partial charge in [0.1, 0.15) is 0 Å². The molecule has 110 valence electrons. The van der Waals surface area contributed by atoms with E-state index in [0.29, 0.717) is 17.4 Å². The Bertz CT molecular complexity index is 586. The molecule has 3 rings (SSSR count). The molecule has 1 amide bonds. The topological polar surface area (TPSA) is 86.8 Å². The normalized spacial score (nSPS) is 16.0. The molecule has 0 radical (unpaired) electrons. The van der Waals surface area contributed by atoms with Gasteiger partial charge in [0.15, 0.2) is 0 Å². The van der Waals surface area contributed by atoms with Gasteiger partial charge in [-0.25, -0.2) is 9.97 Å². The molecule has 1 saturated heterocycles. The molecule has 0 bridgehead atoms. The molecule has 21 heavy (non-hydrogen) atoms. The van der Waals surface area contributed by atoms with Crippen LogP contribution in [0.2, 0.25) is 0 Å². The fourth-order valence-corrected chi connectivity index (χ4v) is 2.64. The van der Waals surface area contributed by atoms with Crippen LogP contribution < -0.4 is 5.32 Å². The molecule has 1 fully saturated rings. The van der Waals surface area contributed by atoms with Crippen molar-refractivity contribution in [3.05, 3.63) is 35.9 Å². The second kappa shape index (κ2) is 5.90. The molecule has 0 unspecified atom stereocenters. The van der Waals surface area contributed by atoms with E-state index in [4.69, 9.17) is 0 Å². The molecule has 0 atom stereocenters. The lowest BCUT2D eigenvalue weighted by Gasteiger charge is -2.31. The summed E-state index contributed by atoms with van der Waals surface area (Å²) in [4.78, 5) is 22.4. The zero-order valence-corrected chi connectivity index (χ0v) is 11.9. The molecule has 2 aromatic heterocycles. The SMILES string of the molecule is CNc1ncc(C(=O)N2CCC(c3ccn[nH]3)CC2)cn1. The van der Waals surface area contributed by atoms with Crippen LogP contribution in [-0.2, 0) is 0 Å². The molecular formula is C14H18N6O. The molecule has 3 heterocycles. The number of aromatic nitrogens is 4. The highest BCUT2D eigenvalue weighted by atomic mass is 16.2.